The summed E-state index contributed by atoms with van der Waals surface area (Å²) in [4.78, 5) is 27.5. The molecule has 2 amide bonds. The highest BCUT2D eigenvalue weighted by Gasteiger charge is 2.36. The molecule has 1 saturated carbocycles. The molecule has 0 N–H and O–H groups in total. The van der Waals surface area contributed by atoms with Crippen LogP contribution < -0.4 is 4.74 Å². The van der Waals surface area contributed by atoms with Crippen molar-refractivity contribution in [1.82, 2.24) is 9.80 Å². The number of halogens is 1. The third kappa shape index (κ3) is 3.47. The molecule has 1 aromatic carbocycles. The van der Waals surface area contributed by atoms with Gasteiger partial charge in [-0.15, -0.1) is 0 Å². The van der Waals surface area contributed by atoms with E-state index < -0.39 is 0 Å². The Morgan fingerprint density at radius 3 is 2.57 bits per heavy atom. The Morgan fingerprint density at radius 1 is 1.24 bits per heavy atom. The van der Waals surface area contributed by atoms with Crippen LogP contribution in [0.4, 0.5) is 0 Å². The second-order valence-electron chi connectivity index (χ2n) is 5.38. The first-order valence-electron chi connectivity index (χ1n) is 7.09. The lowest BCUT2D eigenvalue weighted by Crippen LogP contribution is -2.53. The highest BCUT2D eigenvalue weighted by molar-refractivity contribution is 6.30. The third-order valence-electron chi connectivity index (χ3n) is 3.77. The number of benzene rings is 1. The molecule has 1 aromatic rings. The molecule has 0 bridgehead atoms. The van der Waals surface area contributed by atoms with Gasteiger partial charge >= 0.3 is 0 Å². The summed E-state index contributed by atoms with van der Waals surface area (Å²) in [5.74, 6) is 0.480. The molecule has 3 rings (SSSR count). The summed E-state index contributed by atoms with van der Waals surface area (Å²) in [5, 5.41) is 0.621. The standard InChI is InChI=1S/C15H17ClN2O3/c16-11-1-5-13(6-2-11)21-10-15(20)17-7-8-18(12-3-4-12)14(19)9-17/h1-2,5-6,12H,3-4,7-10H2. The van der Waals surface area contributed by atoms with E-state index in [1.54, 1.807) is 29.2 Å². The molecular weight excluding hydrogens is 292 g/mol. The second kappa shape index (κ2) is 5.93. The zero-order chi connectivity index (χ0) is 14.8. The fourth-order valence-electron chi connectivity index (χ4n) is 2.44. The molecule has 1 aliphatic heterocycles. The molecular formula is C15H17ClN2O3. The largest absolute Gasteiger partial charge is 0.484 e. The monoisotopic (exact) mass is 308 g/mol. The number of rotatable bonds is 4. The van der Waals surface area contributed by atoms with Crippen LogP contribution in [0.1, 0.15) is 12.8 Å². The van der Waals surface area contributed by atoms with Crippen LogP contribution in [0.2, 0.25) is 5.02 Å². The van der Waals surface area contributed by atoms with Crippen molar-refractivity contribution in [2.45, 2.75) is 18.9 Å². The van der Waals surface area contributed by atoms with Gasteiger partial charge in [0.25, 0.3) is 5.91 Å². The van der Waals surface area contributed by atoms with Gasteiger partial charge in [-0.25, -0.2) is 0 Å². The number of carbonyl (C=O) groups is 2. The van der Waals surface area contributed by atoms with Gasteiger partial charge < -0.3 is 14.5 Å². The summed E-state index contributed by atoms with van der Waals surface area (Å²) in [6.45, 7) is 1.33. The van der Waals surface area contributed by atoms with E-state index in [2.05, 4.69) is 0 Å². The Kier molecular flexibility index (Phi) is 4.01. The molecule has 21 heavy (non-hydrogen) atoms. The number of nitrogens with zero attached hydrogens (tertiary/aromatic N) is 2. The number of amides is 2. The maximum absolute atomic E-state index is 12.1. The first kappa shape index (κ1) is 14.2. The van der Waals surface area contributed by atoms with E-state index in [0.29, 0.717) is 29.9 Å². The van der Waals surface area contributed by atoms with E-state index in [1.807, 2.05) is 4.90 Å². The van der Waals surface area contributed by atoms with Crippen LogP contribution in [-0.2, 0) is 9.59 Å². The zero-order valence-corrected chi connectivity index (χ0v) is 12.4. The lowest BCUT2D eigenvalue weighted by molar-refractivity contribution is -0.146. The fourth-order valence-corrected chi connectivity index (χ4v) is 2.56. The van der Waals surface area contributed by atoms with Gasteiger partial charge in [-0.05, 0) is 37.1 Å². The van der Waals surface area contributed by atoms with Gasteiger partial charge in [0.05, 0.1) is 6.54 Å². The van der Waals surface area contributed by atoms with Crippen LogP contribution >= 0.6 is 11.6 Å². The minimum absolute atomic E-state index is 0.0450. The number of piperazine rings is 1. The van der Waals surface area contributed by atoms with Gasteiger partial charge in [-0.2, -0.15) is 0 Å². The molecule has 0 aromatic heterocycles. The molecule has 0 unspecified atom stereocenters. The van der Waals surface area contributed by atoms with Gasteiger partial charge in [-0.1, -0.05) is 11.6 Å². The third-order valence-corrected chi connectivity index (χ3v) is 4.03. The predicted octanol–water partition coefficient (Wildman–Crippen LogP) is 1.55. The summed E-state index contributed by atoms with van der Waals surface area (Å²) in [7, 11) is 0. The zero-order valence-electron chi connectivity index (χ0n) is 11.6. The molecule has 0 radical (unpaired) electrons. The van der Waals surface area contributed by atoms with Gasteiger partial charge in [0.2, 0.25) is 5.91 Å². The van der Waals surface area contributed by atoms with E-state index in [9.17, 15) is 9.59 Å². The molecule has 0 spiro atoms. The van der Waals surface area contributed by atoms with Crippen molar-refractivity contribution < 1.29 is 14.3 Å². The van der Waals surface area contributed by atoms with Gasteiger partial charge in [0.1, 0.15) is 5.75 Å². The molecule has 2 aliphatic rings. The SMILES string of the molecule is O=C(COc1ccc(Cl)cc1)N1CCN(C2CC2)C(=O)C1. The Balaban J connectivity index is 1.49. The molecule has 6 heteroatoms. The second-order valence-corrected chi connectivity index (χ2v) is 5.81. The average Bonchev–Trinajstić information content (AvgIpc) is 3.31. The molecule has 112 valence electrons. The van der Waals surface area contributed by atoms with E-state index in [1.165, 1.54) is 0 Å². The van der Waals surface area contributed by atoms with Crippen molar-refractivity contribution >= 4 is 23.4 Å². The maximum atomic E-state index is 12.1. The van der Waals surface area contributed by atoms with Crippen molar-refractivity contribution in [2.24, 2.45) is 0 Å². The normalized spacial score (nSPS) is 18.8. The molecule has 1 saturated heterocycles. The Bertz CT molecular complexity index is 542. The smallest absolute Gasteiger partial charge is 0.261 e. The first-order valence-corrected chi connectivity index (χ1v) is 7.47. The summed E-state index contributed by atoms with van der Waals surface area (Å²) >= 11 is 5.78. The van der Waals surface area contributed by atoms with Crippen LogP contribution in [0.25, 0.3) is 0 Å². The summed E-state index contributed by atoms with van der Waals surface area (Å²) in [6.07, 6.45) is 2.19. The Hall–Kier alpha value is -1.75. The Morgan fingerprint density at radius 2 is 1.95 bits per heavy atom. The van der Waals surface area contributed by atoms with E-state index >= 15 is 0 Å². The number of carbonyl (C=O) groups excluding carboxylic acids is 2. The lowest BCUT2D eigenvalue weighted by Gasteiger charge is -2.34. The van der Waals surface area contributed by atoms with Crippen LogP contribution in [0, 0.1) is 0 Å². The van der Waals surface area contributed by atoms with Crippen LogP contribution in [0.15, 0.2) is 24.3 Å². The summed E-state index contributed by atoms with van der Waals surface area (Å²) in [5.41, 5.74) is 0. The van der Waals surface area contributed by atoms with Gasteiger partial charge in [-0.3, -0.25) is 9.59 Å². The average molecular weight is 309 g/mol. The minimum Gasteiger partial charge on any atom is -0.484 e. The minimum atomic E-state index is -0.159. The van der Waals surface area contributed by atoms with Crippen molar-refractivity contribution in [2.75, 3.05) is 26.2 Å². The van der Waals surface area contributed by atoms with Crippen molar-refractivity contribution in [1.29, 1.82) is 0 Å². The van der Waals surface area contributed by atoms with Crippen LogP contribution in [-0.4, -0.2) is 53.9 Å². The topological polar surface area (TPSA) is 49.9 Å². The number of hydrogen-bond donors (Lipinski definition) is 0. The lowest BCUT2D eigenvalue weighted by atomic mass is 10.3. The van der Waals surface area contributed by atoms with Crippen LogP contribution in [0.3, 0.4) is 0 Å². The molecule has 1 heterocycles. The highest BCUT2D eigenvalue weighted by Crippen LogP contribution is 2.28. The summed E-state index contributed by atoms with van der Waals surface area (Å²) in [6, 6.07) is 7.26. The molecule has 5 nitrogen and oxygen atoms in total. The number of ether oxygens (including phenoxy) is 1. The van der Waals surface area contributed by atoms with Crippen molar-refractivity contribution in [3.8, 4) is 5.75 Å². The summed E-state index contributed by atoms with van der Waals surface area (Å²) < 4.78 is 5.42. The van der Waals surface area contributed by atoms with E-state index in [4.69, 9.17) is 16.3 Å². The van der Waals surface area contributed by atoms with Crippen LogP contribution in [0.5, 0.6) is 5.75 Å². The maximum Gasteiger partial charge on any atom is 0.261 e. The fraction of sp³-hybridized carbons (Fsp3) is 0.467. The number of hydrogen-bond acceptors (Lipinski definition) is 3. The van der Waals surface area contributed by atoms with Crippen molar-refractivity contribution in [3.63, 3.8) is 0 Å². The molecule has 1 aliphatic carbocycles. The van der Waals surface area contributed by atoms with Gasteiger partial charge in [0.15, 0.2) is 6.61 Å². The van der Waals surface area contributed by atoms with E-state index in [-0.39, 0.29) is 25.0 Å². The van der Waals surface area contributed by atoms with E-state index in [0.717, 1.165) is 12.8 Å². The predicted molar refractivity (Wildman–Crippen MR) is 78.3 cm³/mol. The Labute approximate surface area is 128 Å². The van der Waals surface area contributed by atoms with Crippen molar-refractivity contribution in [3.05, 3.63) is 29.3 Å². The van der Waals surface area contributed by atoms with Gasteiger partial charge in [0, 0.05) is 24.2 Å². The quantitative estimate of drug-likeness (QED) is 0.848. The molecule has 0 atom stereocenters. The first-order chi connectivity index (χ1) is 10.1. The molecule has 2 fully saturated rings. The highest BCUT2D eigenvalue weighted by atomic mass is 35.5.